The first-order chi connectivity index (χ1) is 9.50. The molecule has 0 bridgehead atoms. The number of nitrogens with zero attached hydrogens (tertiary/aromatic N) is 1. The number of hydrogen-bond acceptors (Lipinski definition) is 2. The first-order valence-electron chi connectivity index (χ1n) is 6.62. The Bertz CT molecular complexity index is 704. The number of hydrogen-bond donors (Lipinski definition) is 2. The van der Waals surface area contributed by atoms with Crippen molar-refractivity contribution in [1.29, 1.82) is 0 Å². The van der Waals surface area contributed by atoms with E-state index in [1.165, 1.54) is 11.8 Å². The average Bonchev–Trinajstić information content (AvgIpc) is 2.77. The summed E-state index contributed by atoms with van der Waals surface area (Å²) in [7, 11) is 0. The molecule has 1 aromatic carbocycles. The molecule has 0 spiro atoms. The maximum atomic E-state index is 11.8. The van der Waals surface area contributed by atoms with E-state index in [1.54, 1.807) is 0 Å². The van der Waals surface area contributed by atoms with Gasteiger partial charge in [0.2, 0.25) is 5.91 Å². The van der Waals surface area contributed by atoms with E-state index in [4.69, 9.17) is 0 Å². The molecule has 0 saturated carbocycles. The number of carbonyl (C=O) groups excluding carboxylic acids is 1. The summed E-state index contributed by atoms with van der Waals surface area (Å²) >= 11 is 0. The SMILES string of the molecule is CC(=O)N1[C@H](C(=O)O)Cc2c([nH]c3ccccc23)[C@@H]1C. The molecule has 2 aromatic rings. The van der Waals surface area contributed by atoms with Crippen molar-refractivity contribution < 1.29 is 14.7 Å². The smallest absolute Gasteiger partial charge is 0.326 e. The van der Waals surface area contributed by atoms with E-state index < -0.39 is 12.0 Å². The molecule has 2 N–H and O–H groups in total. The monoisotopic (exact) mass is 272 g/mol. The Hall–Kier alpha value is -2.30. The van der Waals surface area contributed by atoms with Crippen LogP contribution in [0.25, 0.3) is 10.9 Å². The standard InChI is InChI=1S/C15H16N2O3/c1-8-14-11(10-5-3-4-6-12(10)16-14)7-13(15(19)20)17(8)9(2)18/h3-6,8,13,16H,7H2,1-2H3,(H,19,20)/t8-,13-/m0/s1. The number of rotatable bonds is 1. The van der Waals surface area contributed by atoms with Crippen molar-refractivity contribution in [2.45, 2.75) is 32.4 Å². The first-order valence-corrected chi connectivity index (χ1v) is 6.62. The van der Waals surface area contributed by atoms with Gasteiger partial charge >= 0.3 is 5.97 Å². The zero-order chi connectivity index (χ0) is 14.4. The van der Waals surface area contributed by atoms with Gasteiger partial charge in [0.1, 0.15) is 6.04 Å². The Morgan fingerprint density at radius 3 is 2.70 bits per heavy atom. The van der Waals surface area contributed by atoms with Gasteiger partial charge in [-0.1, -0.05) is 18.2 Å². The molecule has 0 saturated heterocycles. The van der Waals surface area contributed by atoms with Crippen molar-refractivity contribution in [3.63, 3.8) is 0 Å². The summed E-state index contributed by atoms with van der Waals surface area (Å²) in [5.74, 6) is -1.17. The lowest BCUT2D eigenvalue weighted by Crippen LogP contribution is -2.49. The Morgan fingerprint density at radius 1 is 1.35 bits per heavy atom. The van der Waals surface area contributed by atoms with Gasteiger partial charge in [0.05, 0.1) is 6.04 Å². The van der Waals surface area contributed by atoms with Gasteiger partial charge in [-0.2, -0.15) is 0 Å². The van der Waals surface area contributed by atoms with E-state index in [9.17, 15) is 14.7 Å². The minimum atomic E-state index is -0.956. The topological polar surface area (TPSA) is 73.4 Å². The number of amides is 1. The highest BCUT2D eigenvalue weighted by Crippen LogP contribution is 2.36. The highest BCUT2D eigenvalue weighted by molar-refractivity contribution is 5.89. The minimum Gasteiger partial charge on any atom is -0.480 e. The van der Waals surface area contributed by atoms with Crippen LogP contribution in [0.4, 0.5) is 0 Å². The molecule has 104 valence electrons. The third-order valence-electron chi connectivity index (χ3n) is 4.06. The van der Waals surface area contributed by atoms with Gasteiger partial charge in [-0.25, -0.2) is 4.79 Å². The first kappa shape index (κ1) is 12.7. The fourth-order valence-electron chi connectivity index (χ4n) is 3.20. The summed E-state index contributed by atoms with van der Waals surface area (Å²) in [4.78, 5) is 28.0. The largest absolute Gasteiger partial charge is 0.480 e. The van der Waals surface area contributed by atoms with Crippen LogP contribution in [-0.4, -0.2) is 32.9 Å². The molecule has 0 aliphatic carbocycles. The lowest BCUT2D eigenvalue weighted by Gasteiger charge is -2.37. The van der Waals surface area contributed by atoms with Crippen LogP contribution < -0.4 is 0 Å². The number of fused-ring (bicyclic) bond motifs is 3. The Morgan fingerprint density at radius 2 is 2.05 bits per heavy atom. The molecular formula is C15H16N2O3. The lowest BCUT2D eigenvalue weighted by atomic mass is 9.92. The van der Waals surface area contributed by atoms with Gasteiger partial charge < -0.3 is 15.0 Å². The summed E-state index contributed by atoms with van der Waals surface area (Å²) < 4.78 is 0. The summed E-state index contributed by atoms with van der Waals surface area (Å²) in [6, 6.07) is 6.77. The molecule has 0 fully saturated rings. The molecule has 1 amide bonds. The number of nitrogens with one attached hydrogen (secondary N) is 1. The molecule has 0 unspecified atom stereocenters. The molecule has 5 heteroatoms. The fraction of sp³-hybridized carbons (Fsp3) is 0.333. The maximum absolute atomic E-state index is 11.8. The number of carboxylic acids is 1. The number of aliphatic carboxylic acids is 1. The lowest BCUT2D eigenvalue weighted by molar-refractivity contribution is -0.152. The predicted octanol–water partition coefficient (Wildman–Crippen LogP) is 2.09. The summed E-state index contributed by atoms with van der Waals surface area (Å²) in [5.41, 5.74) is 2.94. The molecule has 1 aromatic heterocycles. The summed E-state index contributed by atoms with van der Waals surface area (Å²) in [6.07, 6.45) is 0.346. The second-order valence-corrected chi connectivity index (χ2v) is 5.22. The van der Waals surface area contributed by atoms with Crippen LogP contribution >= 0.6 is 0 Å². The Balaban J connectivity index is 2.20. The van der Waals surface area contributed by atoms with E-state index in [2.05, 4.69) is 4.98 Å². The molecule has 1 aliphatic rings. The van der Waals surface area contributed by atoms with Crippen molar-refractivity contribution >= 4 is 22.8 Å². The molecule has 0 radical (unpaired) electrons. The highest BCUT2D eigenvalue weighted by Gasteiger charge is 2.39. The second kappa shape index (κ2) is 4.37. The van der Waals surface area contributed by atoms with Crippen LogP contribution in [0.1, 0.15) is 31.1 Å². The van der Waals surface area contributed by atoms with Crippen molar-refractivity contribution in [1.82, 2.24) is 9.88 Å². The fourth-order valence-corrected chi connectivity index (χ4v) is 3.20. The molecule has 5 nitrogen and oxygen atoms in total. The molecular weight excluding hydrogens is 256 g/mol. The molecule has 2 atom stereocenters. The van der Waals surface area contributed by atoms with E-state index >= 15 is 0 Å². The molecule has 2 heterocycles. The van der Waals surface area contributed by atoms with Crippen molar-refractivity contribution in [3.8, 4) is 0 Å². The number of benzene rings is 1. The van der Waals surface area contributed by atoms with Gasteiger partial charge in [-0.05, 0) is 18.6 Å². The van der Waals surface area contributed by atoms with Crippen molar-refractivity contribution in [3.05, 3.63) is 35.5 Å². The van der Waals surface area contributed by atoms with Gasteiger partial charge in [-0.15, -0.1) is 0 Å². The molecule has 20 heavy (non-hydrogen) atoms. The van der Waals surface area contributed by atoms with Crippen LogP contribution in [-0.2, 0) is 16.0 Å². The van der Waals surface area contributed by atoms with Crippen LogP contribution in [0, 0.1) is 0 Å². The zero-order valence-corrected chi connectivity index (χ0v) is 11.4. The average molecular weight is 272 g/mol. The maximum Gasteiger partial charge on any atom is 0.326 e. The quantitative estimate of drug-likeness (QED) is 0.834. The summed E-state index contributed by atoms with van der Waals surface area (Å²) in [6.45, 7) is 3.28. The highest BCUT2D eigenvalue weighted by atomic mass is 16.4. The predicted molar refractivity (Wildman–Crippen MR) is 74.4 cm³/mol. The van der Waals surface area contributed by atoms with Gasteiger partial charge in [0, 0.05) is 29.9 Å². The number of aromatic nitrogens is 1. The number of aromatic amines is 1. The van der Waals surface area contributed by atoms with Gasteiger partial charge in [0.15, 0.2) is 0 Å². The second-order valence-electron chi connectivity index (χ2n) is 5.22. The number of H-pyrrole nitrogens is 1. The van der Waals surface area contributed by atoms with Crippen LogP contribution in [0.15, 0.2) is 24.3 Å². The molecule has 1 aliphatic heterocycles. The van der Waals surface area contributed by atoms with Gasteiger partial charge in [0.25, 0.3) is 0 Å². The Kier molecular flexibility index (Phi) is 2.78. The normalized spacial score (nSPS) is 21.8. The van der Waals surface area contributed by atoms with Gasteiger partial charge in [-0.3, -0.25) is 4.79 Å². The number of carboxylic acid groups (broad SMARTS) is 1. The van der Waals surface area contributed by atoms with Crippen LogP contribution in [0.5, 0.6) is 0 Å². The van der Waals surface area contributed by atoms with Crippen LogP contribution in [0.2, 0.25) is 0 Å². The van der Waals surface area contributed by atoms with Crippen LogP contribution in [0.3, 0.4) is 0 Å². The zero-order valence-electron chi connectivity index (χ0n) is 11.4. The van der Waals surface area contributed by atoms with E-state index in [1.807, 2.05) is 31.2 Å². The van der Waals surface area contributed by atoms with E-state index in [0.29, 0.717) is 6.42 Å². The third-order valence-corrected chi connectivity index (χ3v) is 4.06. The minimum absolute atomic E-state index is 0.214. The molecule has 3 rings (SSSR count). The van der Waals surface area contributed by atoms with Crippen molar-refractivity contribution in [2.24, 2.45) is 0 Å². The summed E-state index contributed by atoms with van der Waals surface area (Å²) in [5, 5.41) is 10.5. The van der Waals surface area contributed by atoms with E-state index in [-0.39, 0.29) is 11.9 Å². The third kappa shape index (κ3) is 1.70. The number of carbonyl (C=O) groups is 2. The number of para-hydroxylation sites is 1. The van der Waals surface area contributed by atoms with E-state index in [0.717, 1.165) is 22.2 Å². The van der Waals surface area contributed by atoms with Crippen molar-refractivity contribution in [2.75, 3.05) is 0 Å². The Labute approximate surface area is 116 Å².